The molecule has 0 aliphatic carbocycles. The maximum Gasteiger partial charge on any atom is 0.258 e. The van der Waals surface area contributed by atoms with Crippen LogP contribution in [0.1, 0.15) is 34.6 Å². The minimum Gasteiger partial charge on any atom is -0.338 e. The molecule has 3 N–H and O–H groups in total. The first kappa shape index (κ1) is 20.0. The summed E-state index contributed by atoms with van der Waals surface area (Å²) in [6.45, 7) is 3.27. The molecule has 0 spiro atoms. The van der Waals surface area contributed by atoms with Gasteiger partial charge in [0.25, 0.3) is 5.56 Å². The molecule has 8 heteroatoms. The highest BCUT2D eigenvalue weighted by Gasteiger charge is 2.35. The molecular weight excluding hydrogens is 406 g/mol. The molecule has 0 saturated heterocycles. The summed E-state index contributed by atoms with van der Waals surface area (Å²) in [6, 6.07) is 15.5. The Labute approximate surface area is 184 Å². The van der Waals surface area contributed by atoms with Crippen LogP contribution >= 0.6 is 0 Å². The Hall–Kier alpha value is -3.94. The summed E-state index contributed by atoms with van der Waals surface area (Å²) in [7, 11) is 0. The molecule has 3 heterocycles. The maximum absolute atomic E-state index is 13.0. The van der Waals surface area contributed by atoms with E-state index in [0.717, 1.165) is 12.0 Å². The van der Waals surface area contributed by atoms with E-state index in [4.69, 9.17) is 0 Å². The van der Waals surface area contributed by atoms with Gasteiger partial charge >= 0.3 is 0 Å². The third-order valence-corrected chi connectivity index (χ3v) is 6.00. The fraction of sp³-hybridized carbons (Fsp3) is 0.250. The summed E-state index contributed by atoms with van der Waals surface area (Å²) in [6.07, 6.45) is 0.733. The lowest BCUT2D eigenvalue weighted by Gasteiger charge is -2.30. The third-order valence-electron chi connectivity index (χ3n) is 6.00. The summed E-state index contributed by atoms with van der Waals surface area (Å²) >= 11 is 0. The van der Waals surface area contributed by atoms with Gasteiger partial charge in [-0.05, 0) is 36.6 Å². The standard InChI is InChI=1S/C24H23N5O3/c1-14-6-8-17(9-7-14)25-22(31)18-12-19(30)26-21-20(18)23(32)28-24(27-21)29-11-10-15-4-2-3-5-16(15)13-29/h2-9,18H,10-13H2,1H3,(H,25,31)(H2,26,27,28,30,32). The lowest BCUT2D eigenvalue weighted by atomic mass is 9.92. The van der Waals surface area contributed by atoms with Crippen LogP contribution in [0, 0.1) is 6.92 Å². The SMILES string of the molecule is Cc1ccc(NC(=O)C2CC(=O)Nc3nc(N4CCc5ccccc5C4)[nH]c(=O)c32)cc1. The fourth-order valence-corrected chi connectivity index (χ4v) is 4.28. The van der Waals surface area contributed by atoms with Gasteiger partial charge in [0.15, 0.2) is 0 Å². The average molecular weight is 429 g/mol. The second-order valence-electron chi connectivity index (χ2n) is 8.25. The number of nitrogens with zero attached hydrogens (tertiary/aromatic N) is 2. The molecule has 1 aromatic heterocycles. The zero-order chi connectivity index (χ0) is 22.2. The molecule has 0 saturated carbocycles. The van der Waals surface area contributed by atoms with Crippen LogP contribution in [-0.2, 0) is 22.6 Å². The molecule has 5 rings (SSSR count). The largest absolute Gasteiger partial charge is 0.338 e. The van der Waals surface area contributed by atoms with E-state index in [1.165, 1.54) is 11.1 Å². The molecule has 2 aliphatic rings. The molecule has 1 unspecified atom stereocenters. The number of hydrogen-bond acceptors (Lipinski definition) is 5. The fourth-order valence-electron chi connectivity index (χ4n) is 4.28. The van der Waals surface area contributed by atoms with E-state index in [1.54, 1.807) is 12.1 Å². The van der Waals surface area contributed by atoms with Crippen molar-refractivity contribution in [2.24, 2.45) is 0 Å². The van der Waals surface area contributed by atoms with Gasteiger partial charge in [0.1, 0.15) is 5.82 Å². The van der Waals surface area contributed by atoms with Crippen molar-refractivity contribution in [1.29, 1.82) is 0 Å². The van der Waals surface area contributed by atoms with E-state index in [1.807, 2.05) is 36.1 Å². The Morgan fingerprint density at radius 1 is 1.09 bits per heavy atom. The summed E-state index contributed by atoms with van der Waals surface area (Å²) in [5, 5.41) is 5.49. The Kier molecular flexibility index (Phi) is 4.97. The second-order valence-corrected chi connectivity index (χ2v) is 8.25. The van der Waals surface area contributed by atoms with E-state index >= 15 is 0 Å². The smallest absolute Gasteiger partial charge is 0.258 e. The molecule has 8 nitrogen and oxygen atoms in total. The number of aromatic amines is 1. The monoisotopic (exact) mass is 429 g/mol. The molecule has 162 valence electrons. The number of benzene rings is 2. The van der Waals surface area contributed by atoms with Crippen LogP contribution in [0.5, 0.6) is 0 Å². The van der Waals surface area contributed by atoms with Crippen molar-refractivity contribution in [1.82, 2.24) is 9.97 Å². The summed E-state index contributed by atoms with van der Waals surface area (Å²) < 4.78 is 0. The van der Waals surface area contributed by atoms with Gasteiger partial charge in [-0.25, -0.2) is 0 Å². The van der Waals surface area contributed by atoms with Crippen LogP contribution in [0.15, 0.2) is 53.3 Å². The van der Waals surface area contributed by atoms with Crippen molar-refractivity contribution in [3.63, 3.8) is 0 Å². The van der Waals surface area contributed by atoms with Crippen LogP contribution in [0.2, 0.25) is 0 Å². The quantitative estimate of drug-likeness (QED) is 0.593. The second kappa shape index (κ2) is 7.96. The summed E-state index contributed by atoms with van der Waals surface area (Å²) in [5.41, 5.74) is 3.92. The number of fused-ring (bicyclic) bond motifs is 2. The van der Waals surface area contributed by atoms with Crippen LogP contribution in [0.25, 0.3) is 0 Å². The number of carbonyl (C=O) groups is 2. The first-order valence-corrected chi connectivity index (χ1v) is 10.6. The molecule has 2 aromatic carbocycles. The van der Waals surface area contributed by atoms with Crippen LogP contribution < -0.4 is 21.1 Å². The van der Waals surface area contributed by atoms with Gasteiger partial charge in [0, 0.05) is 25.2 Å². The first-order valence-electron chi connectivity index (χ1n) is 10.6. The molecule has 2 aliphatic heterocycles. The number of carbonyl (C=O) groups excluding carboxylic acids is 2. The average Bonchev–Trinajstić information content (AvgIpc) is 2.79. The number of hydrogen-bond donors (Lipinski definition) is 3. The molecule has 1 atom stereocenters. The maximum atomic E-state index is 13.0. The third kappa shape index (κ3) is 3.75. The lowest BCUT2D eigenvalue weighted by Crippen LogP contribution is -2.38. The number of nitrogens with one attached hydrogen (secondary N) is 3. The number of anilines is 3. The van der Waals surface area contributed by atoms with E-state index in [0.29, 0.717) is 24.7 Å². The van der Waals surface area contributed by atoms with Gasteiger partial charge < -0.3 is 15.5 Å². The summed E-state index contributed by atoms with van der Waals surface area (Å²) in [5.74, 6) is -1.11. The molecule has 3 aromatic rings. The number of aromatic nitrogens is 2. The predicted molar refractivity (Wildman–Crippen MR) is 122 cm³/mol. The topological polar surface area (TPSA) is 107 Å². The highest BCUT2D eigenvalue weighted by molar-refractivity contribution is 6.04. The van der Waals surface area contributed by atoms with Crippen molar-refractivity contribution in [3.05, 3.63) is 81.1 Å². The highest BCUT2D eigenvalue weighted by atomic mass is 16.2. The number of amides is 2. The molecule has 2 amide bonds. The van der Waals surface area contributed by atoms with Crippen LogP contribution in [0.3, 0.4) is 0 Å². The van der Waals surface area contributed by atoms with Gasteiger partial charge in [-0.3, -0.25) is 19.4 Å². The molecule has 0 radical (unpaired) electrons. The normalized spacial score (nSPS) is 17.2. The van der Waals surface area contributed by atoms with Gasteiger partial charge in [-0.15, -0.1) is 0 Å². The van der Waals surface area contributed by atoms with Crippen molar-refractivity contribution in [2.45, 2.75) is 32.2 Å². The molecule has 0 fully saturated rings. The van der Waals surface area contributed by atoms with E-state index < -0.39 is 17.4 Å². The number of rotatable bonds is 3. The van der Waals surface area contributed by atoms with E-state index in [2.05, 4.69) is 32.7 Å². The van der Waals surface area contributed by atoms with Crippen molar-refractivity contribution in [3.8, 4) is 0 Å². The van der Waals surface area contributed by atoms with Crippen molar-refractivity contribution < 1.29 is 9.59 Å². The minimum absolute atomic E-state index is 0.105. The number of aryl methyl sites for hydroxylation is 1. The molecule has 0 bridgehead atoms. The molecular formula is C24H23N5O3. The van der Waals surface area contributed by atoms with Gasteiger partial charge in [0.2, 0.25) is 17.8 Å². The Bertz CT molecular complexity index is 1270. The lowest BCUT2D eigenvalue weighted by molar-refractivity contribution is -0.123. The Morgan fingerprint density at radius 3 is 2.62 bits per heavy atom. The number of H-pyrrole nitrogens is 1. The van der Waals surface area contributed by atoms with Gasteiger partial charge in [0.05, 0.1) is 11.5 Å². The summed E-state index contributed by atoms with van der Waals surface area (Å²) in [4.78, 5) is 47.7. The van der Waals surface area contributed by atoms with Gasteiger partial charge in [-0.2, -0.15) is 4.98 Å². The predicted octanol–water partition coefficient (Wildman–Crippen LogP) is 2.71. The highest BCUT2D eigenvalue weighted by Crippen LogP contribution is 2.31. The minimum atomic E-state index is -0.910. The zero-order valence-electron chi connectivity index (χ0n) is 17.6. The zero-order valence-corrected chi connectivity index (χ0v) is 17.6. The van der Waals surface area contributed by atoms with Crippen molar-refractivity contribution >= 4 is 29.3 Å². The van der Waals surface area contributed by atoms with E-state index in [-0.39, 0.29) is 23.7 Å². The Balaban J connectivity index is 1.44. The van der Waals surface area contributed by atoms with Crippen LogP contribution in [-0.4, -0.2) is 28.3 Å². The van der Waals surface area contributed by atoms with Crippen LogP contribution in [0.4, 0.5) is 17.5 Å². The first-order chi connectivity index (χ1) is 15.5. The van der Waals surface area contributed by atoms with Gasteiger partial charge in [-0.1, -0.05) is 42.0 Å². The van der Waals surface area contributed by atoms with E-state index in [9.17, 15) is 14.4 Å². The van der Waals surface area contributed by atoms with Crippen molar-refractivity contribution in [2.75, 3.05) is 22.1 Å². The molecule has 32 heavy (non-hydrogen) atoms. The Morgan fingerprint density at radius 2 is 1.84 bits per heavy atom.